The number of carbonyl (C=O) groups is 3. The van der Waals surface area contributed by atoms with E-state index < -0.39 is 17.7 Å². The number of ether oxygens (including phenoxy) is 6. The molecule has 0 bridgehead atoms. The van der Waals surface area contributed by atoms with Crippen LogP contribution < -0.4 is 5.56 Å². The Hall–Kier alpha value is -3.59. The van der Waals surface area contributed by atoms with Gasteiger partial charge in [-0.05, 0) is 43.9 Å². The Labute approximate surface area is 291 Å². The number of esters is 2. The Bertz CT molecular complexity index is 1740. The van der Waals surface area contributed by atoms with Crippen LogP contribution in [0.3, 0.4) is 0 Å². The van der Waals surface area contributed by atoms with Crippen LogP contribution in [0.4, 0.5) is 4.79 Å². The predicted molar refractivity (Wildman–Crippen MR) is 184 cm³/mol. The first-order valence-corrected chi connectivity index (χ1v) is 19.1. The lowest BCUT2D eigenvalue weighted by molar-refractivity contribution is -0.175. The molecule has 1 aromatic carbocycles. The Balaban J connectivity index is 0.937. The van der Waals surface area contributed by atoms with Crippen LogP contribution in [-0.2, 0) is 56.8 Å². The summed E-state index contributed by atoms with van der Waals surface area (Å²) in [5.41, 5.74) is 1.21. The molecule has 0 spiro atoms. The standard InChI is InChI=1S/C35H40N2O10S2/c1-2-35(47-34(41)45-17-15-43-13-12-42-14-16-44-30(38)10-6-4-8-25-11-18-48-49-25)27-20-29-31-24(19-23-7-3-5-9-28(23)36-31)21-37(29)32(39)26(27)22-46-33(35)40/h3,5,7,9,19-20,25H,2,4,6,8,10-18,21-22H2,1H3. The molecule has 0 aliphatic carbocycles. The molecule has 0 radical (unpaired) electrons. The molecular weight excluding hydrogens is 673 g/mol. The van der Waals surface area contributed by atoms with Crippen molar-refractivity contribution >= 4 is 50.6 Å². The van der Waals surface area contributed by atoms with E-state index >= 15 is 0 Å². The number of fused-ring (bicyclic) bond motifs is 5. The minimum Gasteiger partial charge on any atom is -0.463 e. The van der Waals surface area contributed by atoms with Crippen molar-refractivity contribution in [2.45, 2.75) is 69.5 Å². The van der Waals surface area contributed by atoms with Gasteiger partial charge < -0.3 is 33.0 Å². The van der Waals surface area contributed by atoms with Crippen LogP contribution in [0.5, 0.6) is 0 Å². The van der Waals surface area contributed by atoms with Gasteiger partial charge in [-0.25, -0.2) is 14.6 Å². The molecule has 6 rings (SSSR count). The zero-order valence-electron chi connectivity index (χ0n) is 27.4. The summed E-state index contributed by atoms with van der Waals surface area (Å²) >= 11 is 0. The summed E-state index contributed by atoms with van der Waals surface area (Å²) in [6, 6.07) is 11.4. The van der Waals surface area contributed by atoms with Crippen molar-refractivity contribution in [2.75, 3.05) is 45.4 Å². The number of carbonyl (C=O) groups excluding carboxylic acids is 3. The van der Waals surface area contributed by atoms with Crippen LogP contribution in [0.2, 0.25) is 0 Å². The van der Waals surface area contributed by atoms with Gasteiger partial charge in [-0.1, -0.05) is 53.1 Å². The molecule has 0 N–H and O–H groups in total. The number of hydrogen-bond acceptors (Lipinski definition) is 13. The van der Waals surface area contributed by atoms with E-state index in [1.807, 2.05) is 51.9 Å². The van der Waals surface area contributed by atoms with E-state index in [1.165, 1.54) is 12.2 Å². The Morgan fingerprint density at radius 2 is 1.80 bits per heavy atom. The quantitative estimate of drug-likeness (QED) is 0.0623. The summed E-state index contributed by atoms with van der Waals surface area (Å²) in [6.07, 6.45) is 3.65. The van der Waals surface area contributed by atoms with Gasteiger partial charge in [-0.2, -0.15) is 0 Å². The van der Waals surface area contributed by atoms with Gasteiger partial charge in [0.25, 0.3) is 5.56 Å². The number of benzene rings is 1. The first-order valence-electron chi connectivity index (χ1n) is 16.7. The van der Waals surface area contributed by atoms with E-state index in [0.29, 0.717) is 24.4 Å². The lowest BCUT2D eigenvalue weighted by atomic mass is 9.85. The maximum Gasteiger partial charge on any atom is 0.509 e. The smallest absolute Gasteiger partial charge is 0.463 e. The molecule has 2 atom stereocenters. The largest absolute Gasteiger partial charge is 0.509 e. The number of aromatic nitrogens is 2. The zero-order valence-corrected chi connectivity index (χ0v) is 29.1. The zero-order chi connectivity index (χ0) is 34.2. The molecule has 49 heavy (non-hydrogen) atoms. The van der Waals surface area contributed by atoms with Gasteiger partial charge in [0.05, 0.1) is 55.4 Å². The van der Waals surface area contributed by atoms with Gasteiger partial charge in [0.15, 0.2) is 0 Å². The van der Waals surface area contributed by atoms with Crippen LogP contribution >= 0.6 is 21.6 Å². The van der Waals surface area contributed by atoms with E-state index in [1.54, 1.807) is 17.6 Å². The SMILES string of the molecule is CCC1(OC(=O)OCCOCCOCCOC(=O)CCCCC2CCSS2)C(=O)OCc2c1cc1n(c2=O)Cc2cc3ccccc3nc2-1. The van der Waals surface area contributed by atoms with Crippen LogP contribution in [0, 0.1) is 0 Å². The molecule has 1 fully saturated rings. The summed E-state index contributed by atoms with van der Waals surface area (Å²) in [6.45, 7) is 2.67. The van der Waals surface area contributed by atoms with E-state index in [4.69, 9.17) is 33.4 Å². The molecule has 0 saturated carbocycles. The second-order valence-electron chi connectivity index (χ2n) is 12.0. The van der Waals surface area contributed by atoms with Crippen LogP contribution in [0.25, 0.3) is 22.3 Å². The molecule has 1 saturated heterocycles. The van der Waals surface area contributed by atoms with Crippen LogP contribution in [-0.4, -0.2) is 78.3 Å². The highest BCUT2D eigenvalue weighted by molar-refractivity contribution is 8.77. The molecule has 2 unspecified atom stereocenters. The molecule has 0 amide bonds. The van der Waals surface area contributed by atoms with Crippen molar-refractivity contribution in [2.24, 2.45) is 0 Å². The third-order valence-electron chi connectivity index (χ3n) is 8.84. The van der Waals surface area contributed by atoms with Gasteiger partial charge in [0.2, 0.25) is 5.60 Å². The van der Waals surface area contributed by atoms with E-state index in [0.717, 1.165) is 41.0 Å². The maximum absolute atomic E-state index is 13.7. The Kier molecular flexibility index (Phi) is 11.8. The van der Waals surface area contributed by atoms with Crippen molar-refractivity contribution < 1.29 is 42.8 Å². The fourth-order valence-electron chi connectivity index (χ4n) is 6.25. The fraction of sp³-hybridized carbons (Fsp3) is 0.514. The molecule has 5 heterocycles. The second-order valence-corrected chi connectivity index (χ2v) is 14.8. The number of nitrogens with zero attached hydrogens (tertiary/aromatic N) is 2. The summed E-state index contributed by atoms with van der Waals surface area (Å²) < 4.78 is 34.0. The maximum atomic E-state index is 13.7. The van der Waals surface area contributed by atoms with Gasteiger partial charge in [0, 0.05) is 33.9 Å². The molecule has 3 aromatic rings. The monoisotopic (exact) mass is 712 g/mol. The topological polar surface area (TPSA) is 141 Å². The van der Waals surface area contributed by atoms with Crippen molar-refractivity contribution in [1.82, 2.24) is 9.55 Å². The van der Waals surface area contributed by atoms with Crippen LogP contribution in [0.1, 0.15) is 62.1 Å². The van der Waals surface area contributed by atoms with E-state index in [2.05, 4.69) is 0 Å². The second kappa shape index (κ2) is 16.4. The average molecular weight is 713 g/mol. The minimum absolute atomic E-state index is 0.0247. The number of unbranched alkanes of at least 4 members (excludes halogenated alkanes) is 1. The highest BCUT2D eigenvalue weighted by atomic mass is 33.1. The normalized spacial score (nSPS) is 19.2. The molecule has 14 heteroatoms. The number of para-hydroxylation sites is 1. The first kappa shape index (κ1) is 35.2. The Morgan fingerprint density at radius 3 is 2.57 bits per heavy atom. The van der Waals surface area contributed by atoms with Gasteiger partial charge in [-0.3, -0.25) is 9.59 Å². The summed E-state index contributed by atoms with van der Waals surface area (Å²) in [7, 11) is 3.89. The van der Waals surface area contributed by atoms with Crippen molar-refractivity contribution in [3.63, 3.8) is 0 Å². The predicted octanol–water partition coefficient (Wildman–Crippen LogP) is 5.53. The van der Waals surface area contributed by atoms with Crippen molar-refractivity contribution in [1.29, 1.82) is 0 Å². The molecule has 3 aliphatic rings. The number of pyridine rings is 2. The first-order chi connectivity index (χ1) is 23.9. The number of cyclic esters (lactones) is 1. The van der Waals surface area contributed by atoms with Gasteiger partial charge in [-0.15, -0.1) is 0 Å². The molecule has 262 valence electrons. The van der Waals surface area contributed by atoms with E-state index in [-0.39, 0.29) is 75.3 Å². The molecule has 3 aliphatic heterocycles. The lowest BCUT2D eigenvalue weighted by Crippen LogP contribution is -2.47. The Morgan fingerprint density at radius 1 is 1.02 bits per heavy atom. The summed E-state index contributed by atoms with van der Waals surface area (Å²) in [5, 5.41) is 1.68. The summed E-state index contributed by atoms with van der Waals surface area (Å²) in [5.74, 6) is 0.240. The molecule has 2 aromatic heterocycles. The molecule has 12 nitrogen and oxygen atoms in total. The highest BCUT2D eigenvalue weighted by Crippen LogP contribution is 2.41. The average Bonchev–Trinajstić information content (AvgIpc) is 3.76. The van der Waals surface area contributed by atoms with Crippen molar-refractivity contribution in [3.8, 4) is 11.4 Å². The van der Waals surface area contributed by atoms with Crippen molar-refractivity contribution in [3.05, 3.63) is 63.4 Å². The number of hydrogen-bond donors (Lipinski definition) is 0. The third-order valence-corrected chi connectivity index (χ3v) is 11.8. The summed E-state index contributed by atoms with van der Waals surface area (Å²) in [4.78, 5) is 56.4. The molecular formula is C35H40N2O10S2. The lowest BCUT2D eigenvalue weighted by Gasteiger charge is -2.35. The highest BCUT2D eigenvalue weighted by Gasteiger charge is 2.51. The minimum atomic E-state index is -1.86. The van der Waals surface area contributed by atoms with Crippen LogP contribution in [0.15, 0.2) is 41.2 Å². The van der Waals surface area contributed by atoms with E-state index in [9.17, 15) is 19.2 Å². The number of rotatable bonds is 16. The third kappa shape index (κ3) is 8.08. The van der Waals surface area contributed by atoms with Gasteiger partial charge >= 0.3 is 18.1 Å². The van der Waals surface area contributed by atoms with Gasteiger partial charge in [0.1, 0.15) is 19.8 Å². The fourth-order valence-corrected chi connectivity index (χ4v) is 9.28.